The molecule has 13 heavy (non-hydrogen) atoms. The van der Waals surface area contributed by atoms with E-state index in [0.29, 0.717) is 4.88 Å². The second-order valence-corrected chi connectivity index (χ2v) is 3.76. The summed E-state index contributed by atoms with van der Waals surface area (Å²) in [5, 5.41) is 0. The molecule has 2 rings (SSSR count). The molecule has 0 radical (unpaired) electrons. The lowest BCUT2D eigenvalue weighted by molar-refractivity contribution is 0.0605. The van der Waals surface area contributed by atoms with Crippen LogP contribution in [0.4, 0.5) is 0 Å². The Balaban J connectivity index is 2.64. The molecular weight excluding hydrogens is 186 g/mol. The predicted octanol–water partition coefficient (Wildman–Crippen LogP) is 2.10. The zero-order chi connectivity index (χ0) is 9.42. The summed E-state index contributed by atoms with van der Waals surface area (Å²) in [4.78, 5) is 13.0. The fourth-order valence-corrected chi connectivity index (χ4v) is 2.36. The number of methoxy groups -OCH3 is 1. The molecule has 0 spiro atoms. The monoisotopic (exact) mass is 195 g/mol. The Labute approximate surface area is 79.6 Å². The number of thiazole rings is 1. The SMILES string of the molecule is COC(=O)c1sc2cccn2c1C. The molecule has 0 N–H and O–H groups in total. The molecule has 68 valence electrons. The summed E-state index contributed by atoms with van der Waals surface area (Å²) >= 11 is 1.45. The highest BCUT2D eigenvalue weighted by atomic mass is 32.1. The number of carbonyl (C=O) groups excluding carboxylic acids is 1. The second-order valence-electron chi connectivity index (χ2n) is 2.72. The summed E-state index contributed by atoms with van der Waals surface area (Å²) in [6.07, 6.45) is 1.94. The molecule has 3 nitrogen and oxygen atoms in total. The normalized spacial score (nSPS) is 10.6. The van der Waals surface area contributed by atoms with Crippen LogP contribution in [0.2, 0.25) is 0 Å². The number of fused-ring (bicyclic) bond motifs is 1. The Bertz CT molecular complexity index is 455. The van der Waals surface area contributed by atoms with Crippen molar-refractivity contribution in [1.29, 1.82) is 0 Å². The lowest BCUT2D eigenvalue weighted by Gasteiger charge is -1.95. The molecule has 0 aliphatic rings. The van der Waals surface area contributed by atoms with Crippen molar-refractivity contribution in [2.24, 2.45) is 0 Å². The van der Waals surface area contributed by atoms with E-state index < -0.39 is 0 Å². The van der Waals surface area contributed by atoms with Crippen LogP contribution in [0.15, 0.2) is 18.3 Å². The minimum Gasteiger partial charge on any atom is -0.465 e. The minimum absolute atomic E-state index is 0.258. The molecule has 2 aromatic heterocycles. The largest absolute Gasteiger partial charge is 0.465 e. The lowest BCUT2D eigenvalue weighted by atomic mass is 10.4. The van der Waals surface area contributed by atoms with Crippen molar-refractivity contribution in [3.63, 3.8) is 0 Å². The van der Waals surface area contributed by atoms with Crippen LogP contribution in [0.25, 0.3) is 4.83 Å². The highest BCUT2D eigenvalue weighted by Gasteiger charge is 2.14. The van der Waals surface area contributed by atoms with Gasteiger partial charge in [-0.3, -0.25) is 0 Å². The smallest absolute Gasteiger partial charge is 0.349 e. The van der Waals surface area contributed by atoms with Crippen LogP contribution in [-0.2, 0) is 4.74 Å². The Morgan fingerprint density at radius 2 is 2.38 bits per heavy atom. The van der Waals surface area contributed by atoms with Crippen LogP contribution in [0.3, 0.4) is 0 Å². The van der Waals surface area contributed by atoms with Crippen molar-refractivity contribution in [2.45, 2.75) is 6.92 Å². The third-order valence-corrected chi connectivity index (χ3v) is 3.19. The van der Waals surface area contributed by atoms with Crippen molar-refractivity contribution in [3.05, 3.63) is 28.9 Å². The standard InChI is InChI=1S/C9H9NO2S/c1-6-8(9(11)12-2)13-7-4-3-5-10(6)7/h3-5H,1-2H3. The number of aromatic nitrogens is 1. The quantitative estimate of drug-likeness (QED) is 0.652. The average Bonchev–Trinajstić information content (AvgIpc) is 2.68. The first-order chi connectivity index (χ1) is 6.24. The van der Waals surface area contributed by atoms with Gasteiger partial charge < -0.3 is 9.14 Å². The molecule has 2 heterocycles. The van der Waals surface area contributed by atoms with Crippen molar-refractivity contribution < 1.29 is 9.53 Å². The first kappa shape index (κ1) is 8.31. The van der Waals surface area contributed by atoms with Gasteiger partial charge in [0.25, 0.3) is 0 Å². The van der Waals surface area contributed by atoms with Gasteiger partial charge in [0.05, 0.1) is 7.11 Å². The molecule has 4 heteroatoms. The molecular formula is C9H9NO2S. The van der Waals surface area contributed by atoms with Crippen molar-refractivity contribution in [1.82, 2.24) is 4.40 Å². The van der Waals surface area contributed by atoms with Crippen LogP contribution in [0.1, 0.15) is 15.4 Å². The second kappa shape index (κ2) is 2.88. The highest BCUT2D eigenvalue weighted by molar-refractivity contribution is 7.19. The van der Waals surface area contributed by atoms with E-state index in [4.69, 9.17) is 0 Å². The van der Waals surface area contributed by atoms with E-state index in [2.05, 4.69) is 4.74 Å². The Hall–Kier alpha value is -1.29. The predicted molar refractivity (Wildman–Crippen MR) is 51.4 cm³/mol. The van der Waals surface area contributed by atoms with Crippen molar-refractivity contribution in [2.75, 3.05) is 7.11 Å². The molecule has 0 aromatic carbocycles. The molecule has 0 aliphatic heterocycles. The third kappa shape index (κ3) is 1.14. The van der Waals surface area contributed by atoms with Crippen molar-refractivity contribution in [3.8, 4) is 0 Å². The number of ether oxygens (including phenoxy) is 1. The number of hydrogen-bond donors (Lipinski definition) is 0. The van der Waals surface area contributed by atoms with Gasteiger partial charge in [-0.2, -0.15) is 0 Å². The van der Waals surface area contributed by atoms with E-state index in [0.717, 1.165) is 10.5 Å². The number of aryl methyl sites for hydroxylation is 1. The van der Waals surface area contributed by atoms with Crippen molar-refractivity contribution >= 4 is 22.1 Å². The van der Waals surface area contributed by atoms with Gasteiger partial charge in [-0.25, -0.2) is 4.79 Å². The molecule has 0 saturated carbocycles. The van der Waals surface area contributed by atoms with Crippen LogP contribution in [0.5, 0.6) is 0 Å². The maximum absolute atomic E-state index is 11.3. The average molecular weight is 195 g/mol. The van der Waals surface area contributed by atoms with Gasteiger partial charge in [-0.1, -0.05) is 0 Å². The van der Waals surface area contributed by atoms with Gasteiger partial charge in [-0.05, 0) is 19.1 Å². The first-order valence-corrected chi connectivity index (χ1v) is 4.70. The molecule has 0 fully saturated rings. The van der Waals surface area contributed by atoms with Crippen LogP contribution in [-0.4, -0.2) is 17.5 Å². The van der Waals surface area contributed by atoms with Crippen LogP contribution in [0, 0.1) is 6.92 Å². The molecule has 0 bridgehead atoms. The number of rotatable bonds is 1. The zero-order valence-electron chi connectivity index (χ0n) is 7.40. The molecule has 0 atom stereocenters. The minimum atomic E-state index is -0.258. The Morgan fingerprint density at radius 3 is 3.00 bits per heavy atom. The van der Waals surface area contributed by atoms with Crippen LogP contribution >= 0.6 is 11.3 Å². The van der Waals surface area contributed by atoms with E-state index in [1.54, 1.807) is 0 Å². The fourth-order valence-electron chi connectivity index (χ4n) is 1.30. The van der Waals surface area contributed by atoms with Gasteiger partial charge >= 0.3 is 5.97 Å². The molecule has 2 aromatic rings. The molecule has 0 saturated heterocycles. The summed E-state index contributed by atoms with van der Waals surface area (Å²) < 4.78 is 6.66. The molecule has 0 amide bonds. The van der Waals surface area contributed by atoms with Gasteiger partial charge in [0.15, 0.2) is 0 Å². The van der Waals surface area contributed by atoms with Gasteiger partial charge in [0.2, 0.25) is 0 Å². The summed E-state index contributed by atoms with van der Waals surface area (Å²) in [6, 6.07) is 3.93. The van der Waals surface area contributed by atoms with Crippen LogP contribution < -0.4 is 0 Å². The van der Waals surface area contributed by atoms with E-state index in [1.807, 2.05) is 29.7 Å². The maximum Gasteiger partial charge on any atom is 0.349 e. The summed E-state index contributed by atoms with van der Waals surface area (Å²) in [5.41, 5.74) is 0.942. The summed E-state index contributed by atoms with van der Waals surface area (Å²) in [6.45, 7) is 1.91. The third-order valence-electron chi connectivity index (χ3n) is 1.98. The number of hydrogen-bond acceptors (Lipinski definition) is 3. The summed E-state index contributed by atoms with van der Waals surface area (Å²) in [5.74, 6) is -0.258. The topological polar surface area (TPSA) is 30.7 Å². The highest BCUT2D eigenvalue weighted by Crippen LogP contribution is 2.23. The molecule has 0 aliphatic carbocycles. The van der Waals surface area contributed by atoms with Gasteiger partial charge in [-0.15, -0.1) is 11.3 Å². The number of nitrogens with zero attached hydrogens (tertiary/aromatic N) is 1. The van der Waals surface area contributed by atoms with E-state index in [9.17, 15) is 4.79 Å². The Morgan fingerprint density at radius 1 is 1.62 bits per heavy atom. The first-order valence-electron chi connectivity index (χ1n) is 3.89. The zero-order valence-corrected chi connectivity index (χ0v) is 8.22. The maximum atomic E-state index is 11.3. The lowest BCUT2D eigenvalue weighted by Crippen LogP contribution is -2.00. The summed E-state index contributed by atoms with van der Waals surface area (Å²) in [7, 11) is 1.40. The fraction of sp³-hybridized carbons (Fsp3) is 0.222. The van der Waals surface area contributed by atoms with E-state index >= 15 is 0 Å². The number of carbonyl (C=O) groups is 1. The molecule has 0 unspecified atom stereocenters. The number of esters is 1. The van der Waals surface area contributed by atoms with Gasteiger partial charge in [0.1, 0.15) is 9.71 Å². The van der Waals surface area contributed by atoms with Gasteiger partial charge in [0, 0.05) is 11.9 Å². The van der Waals surface area contributed by atoms with E-state index in [-0.39, 0.29) is 5.97 Å². The Kier molecular flexibility index (Phi) is 1.84. The van der Waals surface area contributed by atoms with E-state index in [1.165, 1.54) is 18.4 Å².